The molecule has 1 heterocycles. The van der Waals surface area contributed by atoms with Crippen molar-refractivity contribution in [3.63, 3.8) is 0 Å². The molecule has 0 spiro atoms. The average Bonchev–Trinajstić information content (AvgIpc) is 2.27. The van der Waals surface area contributed by atoms with Crippen LogP contribution in [0.5, 0.6) is 0 Å². The second-order valence-corrected chi connectivity index (χ2v) is 4.27. The number of nitrogens with zero attached hydrogens (tertiary/aromatic N) is 2. The summed E-state index contributed by atoms with van der Waals surface area (Å²) in [5.74, 6) is 0. The molecule has 0 N–H and O–H groups in total. The average molecular weight is 168 g/mol. The summed E-state index contributed by atoms with van der Waals surface area (Å²) in [6, 6.07) is 0.682. The molecule has 1 aliphatic heterocycles. The highest BCUT2D eigenvalue weighted by molar-refractivity contribution is 5.56. The normalized spacial score (nSPS) is 28.7. The summed E-state index contributed by atoms with van der Waals surface area (Å²) in [6.07, 6.45) is 4.50. The van der Waals surface area contributed by atoms with E-state index in [9.17, 15) is 0 Å². The number of hydrogen-bond donors (Lipinski definition) is 0. The predicted octanol–water partition coefficient (Wildman–Crippen LogP) is 2.16. The van der Waals surface area contributed by atoms with E-state index in [1.807, 2.05) is 13.4 Å². The van der Waals surface area contributed by atoms with Crippen LogP contribution in [-0.4, -0.2) is 30.9 Å². The number of rotatable bonds is 2. The lowest BCUT2D eigenvalue weighted by molar-refractivity contribution is 0.246. The Bertz CT molecular complexity index is 173. The summed E-state index contributed by atoms with van der Waals surface area (Å²) < 4.78 is 0. The smallest absolute Gasteiger partial charge is 0.0849 e. The standard InChI is InChI=1S/C10H20N2/c1-5-9-10(2,3)6-7-12(9)8-11-4/h8-9H,5-7H2,1-4H3. The highest BCUT2D eigenvalue weighted by atomic mass is 15.2. The minimum Gasteiger partial charge on any atom is -0.359 e. The van der Waals surface area contributed by atoms with Gasteiger partial charge in [-0.25, -0.2) is 0 Å². The lowest BCUT2D eigenvalue weighted by atomic mass is 9.83. The van der Waals surface area contributed by atoms with Crippen molar-refractivity contribution in [2.75, 3.05) is 13.6 Å². The maximum absolute atomic E-state index is 4.08. The second kappa shape index (κ2) is 3.46. The quantitative estimate of drug-likeness (QED) is 0.455. The molecule has 70 valence electrons. The third kappa shape index (κ3) is 1.62. The van der Waals surface area contributed by atoms with Gasteiger partial charge in [-0.3, -0.25) is 4.99 Å². The summed E-state index contributed by atoms with van der Waals surface area (Å²) in [6.45, 7) is 8.13. The van der Waals surface area contributed by atoms with E-state index in [1.54, 1.807) is 0 Å². The van der Waals surface area contributed by atoms with Gasteiger partial charge >= 0.3 is 0 Å². The Hall–Kier alpha value is -0.530. The summed E-state index contributed by atoms with van der Waals surface area (Å²) in [5.41, 5.74) is 0.468. The number of likely N-dealkylation sites (tertiary alicyclic amines) is 1. The predicted molar refractivity (Wildman–Crippen MR) is 53.6 cm³/mol. The fourth-order valence-corrected chi connectivity index (χ4v) is 2.26. The lowest BCUT2D eigenvalue weighted by Gasteiger charge is -2.30. The van der Waals surface area contributed by atoms with Crippen molar-refractivity contribution >= 4 is 6.34 Å². The topological polar surface area (TPSA) is 15.6 Å². The summed E-state index contributed by atoms with van der Waals surface area (Å²) in [5, 5.41) is 0. The summed E-state index contributed by atoms with van der Waals surface area (Å²) in [4.78, 5) is 6.46. The van der Waals surface area contributed by atoms with E-state index < -0.39 is 0 Å². The minimum absolute atomic E-state index is 0.468. The van der Waals surface area contributed by atoms with Crippen molar-refractivity contribution < 1.29 is 0 Å². The Kier molecular flexibility index (Phi) is 2.76. The second-order valence-electron chi connectivity index (χ2n) is 4.27. The minimum atomic E-state index is 0.468. The third-order valence-corrected chi connectivity index (χ3v) is 2.97. The molecule has 1 rings (SSSR count). The van der Waals surface area contributed by atoms with Crippen molar-refractivity contribution in [3.8, 4) is 0 Å². The first-order valence-electron chi connectivity index (χ1n) is 4.80. The first-order chi connectivity index (χ1) is 5.61. The molecular weight excluding hydrogens is 148 g/mol. The van der Waals surface area contributed by atoms with Gasteiger partial charge in [0.25, 0.3) is 0 Å². The van der Waals surface area contributed by atoms with Gasteiger partial charge in [0, 0.05) is 19.6 Å². The Morgan fingerprint density at radius 1 is 1.58 bits per heavy atom. The van der Waals surface area contributed by atoms with Crippen LogP contribution in [-0.2, 0) is 0 Å². The van der Waals surface area contributed by atoms with Crippen LogP contribution in [0.2, 0.25) is 0 Å². The molecule has 1 aliphatic rings. The molecule has 2 heteroatoms. The van der Waals surface area contributed by atoms with Gasteiger partial charge in [-0.1, -0.05) is 20.8 Å². The van der Waals surface area contributed by atoms with E-state index in [0.717, 1.165) is 0 Å². The van der Waals surface area contributed by atoms with Crippen LogP contribution in [0.15, 0.2) is 4.99 Å². The van der Waals surface area contributed by atoms with E-state index in [1.165, 1.54) is 19.4 Å². The van der Waals surface area contributed by atoms with Crippen LogP contribution in [0, 0.1) is 5.41 Å². The first kappa shape index (κ1) is 9.56. The molecule has 0 aliphatic carbocycles. The van der Waals surface area contributed by atoms with E-state index in [2.05, 4.69) is 30.7 Å². The molecular formula is C10H20N2. The van der Waals surface area contributed by atoms with Crippen molar-refractivity contribution in [1.82, 2.24) is 4.90 Å². The van der Waals surface area contributed by atoms with Crippen LogP contribution in [0.1, 0.15) is 33.6 Å². The van der Waals surface area contributed by atoms with Crippen LogP contribution in [0.4, 0.5) is 0 Å². The van der Waals surface area contributed by atoms with E-state index in [4.69, 9.17) is 0 Å². The van der Waals surface area contributed by atoms with Crippen molar-refractivity contribution in [2.45, 2.75) is 39.7 Å². The fourth-order valence-electron chi connectivity index (χ4n) is 2.26. The Labute approximate surface area is 75.7 Å². The van der Waals surface area contributed by atoms with Gasteiger partial charge in [0.2, 0.25) is 0 Å². The zero-order valence-electron chi connectivity index (χ0n) is 8.67. The molecule has 12 heavy (non-hydrogen) atoms. The molecule has 0 amide bonds. The molecule has 2 nitrogen and oxygen atoms in total. The highest BCUT2D eigenvalue weighted by Crippen LogP contribution is 2.36. The van der Waals surface area contributed by atoms with Crippen LogP contribution < -0.4 is 0 Å². The number of aliphatic imine (C=N–C) groups is 1. The van der Waals surface area contributed by atoms with Gasteiger partial charge in [0.05, 0.1) is 6.34 Å². The molecule has 0 aromatic rings. The van der Waals surface area contributed by atoms with E-state index in [0.29, 0.717) is 11.5 Å². The maximum Gasteiger partial charge on any atom is 0.0849 e. The van der Waals surface area contributed by atoms with Gasteiger partial charge in [-0.05, 0) is 18.3 Å². The Morgan fingerprint density at radius 2 is 2.25 bits per heavy atom. The lowest BCUT2D eigenvalue weighted by Crippen LogP contribution is -2.35. The molecule has 0 radical (unpaired) electrons. The molecule has 1 unspecified atom stereocenters. The van der Waals surface area contributed by atoms with Gasteiger partial charge in [0.15, 0.2) is 0 Å². The summed E-state index contributed by atoms with van der Waals surface area (Å²) in [7, 11) is 1.85. The fraction of sp³-hybridized carbons (Fsp3) is 0.900. The molecule has 0 aromatic heterocycles. The highest BCUT2D eigenvalue weighted by Gasteiger charge is 2.37. The van der Waals surface area contributed by atoms with Crippen LogP contribution in [0.25, 0.3) is 0 Å². The molecule has 0 saturated carbocycles. The molecule has 1 atom stereocenters. The third-order valence-electron chi connectivity index (χ3n) is 2.97. The Morgan fingerprint density at radius 3 is 2.75 bits per heavy atom. The van der Waals surface area contributed by atoms with Gasteiger partial charge in [0.1, 0.15) is 0 Å². The summed E-state index contributed by atoms with van der Waals surface area (Å²) >= 11 is 0. The molecule has 0 bridgehead atoms. The van der Waals surface area contributed by atoms with Crippen LogP contribution >= 0.6 is 0 Å². The van der Waals surface area contributed by atoms with E-state index >= 15 is 0 Å². The Balaban J connectivity index is 2.69. The molecule has 1 fully saturated rings. The van der Waals surface area contributed by atoms with Gasteiger partial charge < -0.3 is 4.90 Å². The zero-order valence-corrected chi connectivity index (χ0v) is 8.67. The van der Waals surface area contributed by atoms with Crippen molar-refractivity contribution in [2.24, 2.45) is 10.4 Å². The van der Waals surface area contributed by atoms with Crippen molar-refractivity contribution in [3.05, 3.63) is 0 Å². The van der Waals surface area contributed by atoms with Gasteiger partial charge in [-0.2, -0.15) is 0 Å². The monoisotopic (exact) mass is 168 g/mol. The first-order valence-corrected chi connectivity index (χ1v) is 4.80. The van der Waals surface area contributed by atoms with Gasteiger partial charge in [-0.15, -0.1) is 0 Å². The maximum atomic E-state index is 4.08. The SMILES string of the molecule is CCC1N(C=NC)CCC1(C)C. The molecule has 0 aromatic carbocycles. The zero-order chi connectivity index (χ0) is 9.19. The van der Waals surface area contributed by atoms with Crippen LogP contribution in [0.3, 0.4) is 0 Å². The number of hydrogen-bond acceptors (Lipinski definition) is 1. The molecule has 1 saturated heterocycles. The largest absolute Gasteiger partial charge is 0.359 e. The van der Waals surface area contributed by atoms with Crippen molar-refractivity contribution in [1.29, 1.82) is 0 Å². The van der Waals surface area contributed by atoms with E-state index in [-0.39, 0.29) is 0 Å².